The van der Waals surface area contributed by atoms with Crippen LogP contribution in [0.4, 0.5) is 10.5 Å². The van der Waals surface area contributed by atoms with E-state index in [1.807, 2.05) is 0 Å². The normalized spacial score (nSPS) is 14.4. The second-order valence-corrected chi connectivity index (χ2v) is 9.39. The van der Waals surface area contributed by atoms with Crippen LogP contribution in [0.3, 0.4) is 0 Å². The Morgan fingerprint density at radius 1 is 1.06 bits per heavy atom. The summed E-state index contributed by atoms with van der Waals surface area (Å²) in [5.41, 5.74) is 1.72. The van der Waals surface area contributed by atoms with Gasteiger partial charge in [-0.1, -0.05) is 41.4 Å². The molecule has 7 nitrogen and oxygen atoms in total. The van der Waals surface area contributed by atoms with E-state index in [2.05, 4.69) is 0 Å². The largest absolute Gasteiger partial charge is 0.490 e. The number of benzene rings is 3. The average Bonchev–Trinajstić information content (AvgIpc) is 3.11. The lowest BCUT2D eigenvalue weighted by molar-refractivity contribution is -0.113. The highest BCUT2D eigenvalue weighted by Gasteiger charge is 2.36. The first-order valence-electron chi connectivity index (χ1n) is 10.7. The minimum absolute atomic E-state index is 0.0682. The molecule has 0 unspecified atom stereocenters. The predicted octanol–water partition coefficient (Wildman–Crippen LogP) is 6.91. The van der Waals surface area contributed by atoms with Gasteiger partial charge >= 0.3 is 5.97 Å². The van der Waals surface area contributed by atoms with E-state index in [-0.39, 0.29) is 27.8 Å². The summed E-state index contributed by atoms with van der Waals surface area (Å²) in [7, 11) is 0. The number of nitrogens with zero attached hydrogens (tertiary/aromatic N) is 1. The molecule has 0 bridgehead atoms. The fraction of sp³-hybridized carbons (Fsp3) is 0.115. The Morgan fingerprint density at radius 3 is 2.56 bits per heavy atom. The molecule has 1 N–H and O–H groups in total. The number of carbonyl (C=O) groups is 3. The van der Waals surface area contributed by atoms with Crippen molar-refractivity contribution in [2.24, 2.45) is 0 Å². The van der Waals surface area contributed by atoms with Crippen molar-refractivity contribution in [2.45, 2.75) is 13.5 Å². The summed E-state index contributed by atoms with van der Waals surface area (Å²) in [6.45, 7) is 2.20. The Bertz CT molecular complexity index is 1390. The minimum atomic E-state index is -1.03. The maximum absolute atomic E-state index is 13.0. The molecule has 4 rings (SSSR count). The van der Waals surface area contributed by atoms with Gasteiger partial charge in [-0.15, -0.1) is 0 Å². The van der Waals surface area contributed by atoms with Crippen molar-refractivity contribution in [1.29, 1.82) is 0 Å². The van der Waals surface area contributed by atoms with Gasteiger partial charge in [0.25, 0.3) is 11.1 Å². The number of carboxylic acids is 1. The predicted molar refractivity (Wildman–Crippen MR) is 140 cm³/mol. The number of carbonyl (C=O) groups excluding carboxylic acids is 2. The number of carboxylic acid groups (broad SMARTS) is 1. The highest BCUT2D eigenvalue weighted by Crippen LogP contribution is 2.40. The van der Waals surface area contributed by atoms with Crippen LogP contribution in [0.2, 0.25) is 10.0 Å². The lowest BCUT2D eigenvalue weighted by Gasteiger charge is -2.15. The zero-order chi connectivity index (χ0) is 25.8. The zero-order valence-electron chi connectivity index (χ0n) is 18.9. The van der Waals surface area contributed by atoms with Crippen LogP contribution in [0.15, 0.2) is 65.6 Å². The van der Waals surface area contributed by atoms with E-state index in [0.29, 0.717) is 34.2 Å². The van der Waals surface area contributed by atoms with Gasteiger partial charge in [0.15, 0.2) is 11.5 Å². The SMILES string of the molecule is CCOc1cc(/C=C2/SC(=O)N(c3cccc(Cl)c3)C2=O)cc(Cl)c1OCc1cccc(C(=O)O)c1. The van der Waals surface area contributed by atoms with E-state index in [4.69, 9.17) is 32.7 Å². The maximum Gasteiger partial charge on any atom is 0.335 e. The molecule has 2 amide bonds. The third-order valence-electron chi connectivity index (χ3n) is 5.05. The number of halogens is 2. The fourth-order valence-electron chi connectivity index (χ4n) is 3.48. The van der Waals surface area contributed by atoms with Crippen LogP contribution in [0.25, 0.3) is 6.08 Å². The molecule has 1 aliphatic heterocycles. The molecule has 1 heterocycles. The fourth-order valence-corrected chi connectivity index (χ4v) is 4.78. The van der Waals surface area contributed by atoms with Gasteiger partial charge in [-0.25, -0.2) is 9.69 Å². The van der Waals surface area contributed by atoms with Gasteiger partial charge in [-0.05, 0) is 78.4 Å². The number of imide groups is 1. The number of hydrogen-bond donors (Lipinski definition) is 1. The molecule has 3 aromatic carbocycles. The van der Waals surface area contributed by atoms with E-state index in [0.717, 1.165) is 16.7 Å². The van der Waals surface area contributed by atoms with Crippen molar-refractivity contribution < 1.29 is 29.0 Å². The molecule has 0 spiro atoms. The first kappa shape index (κ1) is 25.6. The van der Waals surface area contributed by atoms with Crippen molar-refractivity contribution in [3.05, 3.63) is 92.3 Å². The lowest BCUT2D eigenvalue weighted by atomic mass is 10.1. The van der Waals surface area contributed by atoms with E-state index in [1.165, 1.54) is 12.1 Å². The molecule has 10 heteroatoms. The Hall–Kier alpha value is -3.46. The number of thioether (sulfide) groups is 1. The van der Waals surface area contributed by atoms with Crippen LogP contribution in [-0.4, -0.2) is 28.8 Å². The minimum Gasteiger partial charge on any atom is -0.490 e. The average molecular weight is 544 g/mol. The zero-order valence-corrected chi connectivity index (χ0v) is 21.2. The molecule has 0 aromatic heterocycles. The Labute approximate surface area is 221 Å². The number of aromatic carboxylic acids is 1. The smallest absolute Gasteiger partial charge is 0.335 e. The van der Waals surface area contributed by atoms with Gasteiger partial charge < -0.3 is 14.6 Å². The van der Waals surface area contributed by atoms with E-state index in [9.17, 15) is 19.5 Å². The second-order valence-electron chi connectivity index (χ2n) is 7.55. The van der Waals surface area contributed by atoms with Crippen molar-refractivity contribution in [1.82, 2.24) is 0 Å². The van der Waals surface area contributed by atoms with Crippen molar-refractivity contribution in [2.75, 3.05) is 11.5 Å². The third-order valence-corrected chi connectivity index (χ3v) is 6.43. The van der Waals surface area contributed by atoms with Gasteiger partial charge in [0.05, 0.1) is 27.8 Å². The van der Waals surface area contributed by atoms with Gasteiger partial charge in [0, 0.05) is 5.02 Å². The van der Waals surface area contributed by atoms with Crippen LogP contribution >= 0.6 is 35.0 Å². The summed E-state index contributed by atoms with van der Waals surface area (Å²) < 4.78 is 11.6. The van der Waals surface area contributed by atoms with Crippen LogP contribution in [0, 0.1) is 0 Å². The van der Waals surface area contributed by atoms with E-state index < -0.39 is 17.1 Å². The highest BCUT2D eigenvalue weighted by atomic mass is 35.5. The van der Waals surface area contributed by atoms with Crippen LogP contribution in [0.5, 0.6) is 11.5 Å². The summed E-state index contributed by atoms with van der Waals surface area (Å²) in [5.74, 6) is -0.878. The van der Waals surface area contributed by atoms with Crippen LogP contribution in [-0.2, 0) is 11.4 Å². The summed E-state index contributed by atoms with van der Waals surface area (Å²) in [5, 5.41) is 9.39. The molecule has 36 heavy (non-hydrogen) atoms. The molecule has 0 radical (unpaired) electrons. The van der Waals surface area contributed by atoms with E-state index >= 15 is 0 Å². The quantitative estimate of drug-likeness (QED) is 0.308. The maximum atomic E-state index is 13.0. The number of hydrogen-bond acceptors (Lipinski definition) is 6. The first-order valence-corrected chi connectivity index (χ1v) is 12.3. The second kappa shape index (κ2) is 11.1. The molecular formula is C26H19Cl2NO6S. The topological polar surface area (TPSA) is 93.1 Å². The Morgan fingerprint density at radius 2 is 1.83 bits per heavy atom. The number of anilines is 1. The Balaban J connectivity index is 1.59. The number of amides is 2. The number of rotatable bonds is 8. The summed E-state index contributed by atoms with van der Waals surface area (Å²) in [6, 6.07) is 16.1. The summed E-state index contributed by atoms with van der Waals surface area (Å²) in [4.78, 5) is 38.0. The molecule has 3 aromatic rings. The van der Waals surface area contributed by atoms with Crippen LogP contribution in [0.1, 0.15) is 28.4 Å². The third kappa shape index (κ3) is 5.67. The van der Waals surface area contributed by atoms with Crippen LogP contribution < -0.4 is 14.4 Å². The number of ether oxygens (including phenoxy) is 2. The van der Waals surface area contributed by atoms with Gasteiger partial charge in [-0.2, -0.15) is 0 Å². The molecule has 1 saturated heterocycles. The molecule has 1 fully saturated rings. The van der Waals surface area contributed by atoms with Gasteiger partial charge in [-0.3, -0.25) is 9.59 Å². The monoisotopic (exact) mass is 543 g/mol. The molecule has 0 saturated carbocycles. The van der Waals surface area contributed by atoms with Crippen molar-refractivity contribution in [3.8, 4) is 11.5 Å². The van der Waals surface area contributed by atoms with Gasteiger partial charge in [0.2, 0.25) is 0 Å². The lowest BCUT2D eigenvalue weighted by Crippen LogP contribution is -2.27. The molecule has 0 atom stereocenters. The molecule has 1 aliphatic rings. The van der Waals surface area contributed by atoms with Crippen molar-refractivity contribution >= 4 is 63.8 Å². The van der Waals surface area contributed by atoms with E-state index in [1.54, 1.807) is 61.5 Å². The first-order chi connectivity index (χ1) is 17.3. The highest BCUT2D eigenvalue weighted by molar-refractivity contribution is 8.19. The van der Waals surface area contributed by atoms with Crippen molar-refractivity contribution in [3.63, 3.8) is 0 Å². The molecule has 184 valence electrons. The molecule has 0 aliphatic carbocycles. The standard InChI is InChI=1S/C26H19Cl2NO6S/c1-2-34-21-11-16(10-20(28)23(21)35-14-15-5-3-6-17(9-15)25(31)32)12-22-24(30)29(26(33)36-22)19-8-4-7-18(27)13-19/h3-13H,2,14H2,1H3,(H,31,32)/b22-12+. The Kier molecular flexibility index (Phi) is 7.88. The van der Waals surface area contributed by atoms with Gasteiger partial charge in [0.1, 0.15) is 6.61 Å². The molecular weight excluding hydrogens is 525 g/mol. The summed E-state index contributed by atoms with van der Waals surface area (Å²) in [6.07, 6.45) is 1.56. The summed E-state index contributed by atoms with van der Waals surface area (Å²) >= 11 is 13.3.